The van der Waals surface area contributed by atoms with Crippen LogP contribution in [0.2, 0.25) is 0 Å². The molecule has 3 nitrogen and oxygen atoms in total. The number of hydrogen-bond acceptors (Lipinski definition) is 2. The Morgan fingerprint density at radius 1 is 1.19 bits per heavy atom. The van der Waals surface area contributed by atoms with Gasteiger partial charge in [-0.1, -0.05) is 12.1 Å². The highest BCUT2D eigenvalue weighted by atomic mass is 16.5. The van der Waals surface area contributed by atoms with Gasteiger partial charge in [0.15, 0.2) is 0 Å². The second kappa shape index (κ2) is 4.66. The van der Waals surface area contributed by atoms with Crippen molar-refractivity contribution in [2.24, 2.45) is 0 Å². The molecule has 1 N–H and O–H groups in total. The topological polar surface area (TPSA) is 38.3 Å². The third kappa shape index (κ3) is 2.14. The summed E-state index contributed by atoms with van der Waals surface area (Å²) in [6.07, 6.45) is 0.676. The number of rotatable bonds is 4. The SMILES string of the molecule is CCOc1ccc2cc(NC=O)ccc2c1. The summed E-state index contributed by atoms with van der Waals surface area (Å²) in [6.45, 7) is 2.62. The van der Waals surface area contributed by atoms with Gasteiger partial charge in [0, 0.05) is 5.69 Å². The molecular weight excluding hydrogens is 202 g/mol. The Hall–Kier alpha value is -2.03. The molecule has 0 aliphatic rings. The number of carbonyl (C=O) groups excluding carboxylic acids is 1. The Bertz CT molecular complexity index is 508. The second-order valence-electron chi connectivity index (χ2n) is 3.42. The Morgan fingerprint density at radius 2 is 1.94 bits per heavy atom. The van der Waals surface area contributed by atoms with Crippen molar-refractivity contribution in [1.29, 1.82) is 0 Å². The van der Waals surface area contributed by atoms with E-state index in [0.717, 1.165) is 22.2 Å². The summed E-state index contributed by atoms with van der Waals surface area (Å²) in [4.78, 5) is 10.3. The van der Waals surface area contributed by atoms with Crippen LogP contribution in [0.15, 0.2) is 36.4 Å². The number of fused-ring (bicyclic) bond motifs is 1. The zero-order valence-electron chi connectivity index (χ0n) is 9.07. The molecule has 0 spiro atoms. The fourth-order valence-corrected chi connectivity index (χ4v) is 1.64. The minimum absolute atomic E-state index is 0.663. The zero-order valence-corrected chi connectivity index (χ0v) is 9.07. The number of carbonyl (C=O) groups is 1. The highest BCUT2D eigenvalue weighted by Gasteiger charge is 1.98. The lowest BCUT2D eigenvalue weighted by Gasteiger charge is -2.06. The van der Waals surface area contributed by atoms with E-state index < -0.39 is 0 Å². The van der Waals surface area contributed by atoms with Crippen molar-refractivity contribution in [3.8, 4) is 5.75 Å². The van der Waals surface area contributed by atoms with Crippen LogP contribution in [0.4, 0.5) is 5.69 Å². The summed E-state index contributed by atoms with van der Waals surface area (Å²) < 4.78 is 5.42. The molecule has 0 fully saturated rings. The summed E-state index contributed by atoms with van der Waals surface area (Å²) in [5.74, 6) is 0.867. The number of amides is 1. The van der Waals surface area contributed by atoms with Gasteiger partial charge in [-0.05, 0) is 42.0 Å². The van der Waals surface area contributed by atoms with E-state index in [-0.39, 0.29) is 0 Å². The van der Waals surface area contributed by atoms with E-state index in [0.29, 0.717) is 13.0 Å². The number of ether oxygens (including phenoxy) is 1. The first kappa shape index (κ1) is 10.5. The van der Waals surface area contributed by atoms with Gasteiger partial charge in [0.2, 0.25) is 6.41 Å². The van der Waals surface area contributed by atoms with Crippen LogP contribution >= 0.6 is 0 Å². The monoisotopic (exact) mass is 215 g/mol. The van der Waals surface area contributed by atoms with E-state index in [4.69, 9.17) is 4.74 Å². The number of hydrogen-bond donors (Lipinski definition) is 1. The Labute approximate surface area is 94.0 Å². The summed E-state index contributed by atoms with van der Waals surface area (Å²) >= 11 is 0. The quantitative estimate of drug-likeness (QED) is 0.796. The van der Waals surface area contributed by atoms with Crippen molar-refractivity contribution in [2.45, 2.75) is 6.92 Å². The smallest absolute Gasteiger partial charge is 0.211 e. The molecule has 0 saturated heterocycles. The van der Waals surface area contributed by atoms with Gasteiger partial charge < -0.3 is 10.1 Å². The van der Waals surface area contributed by atoms with Crippen LogP contribution in [0.1, 0.15) is 6.92 Å². The van der Waals surface area contributed by atoms with E-state index >= 15 is 0 Å². The number of benzene rings is 2. The van der Waals surface area contributed by atoms with Crippen LogP contribution in [0.3, 0.4) is 0 Å². The van der Waals surface area contributed by atoms with Crippen molar-refractivity contribution < 1.29 is 9.53 Å². The highest BCUT2D eigenvalue weighted by molar-refractivity contribution is 5.88. The summed E-state index contributed by atoms with van der Waals surface area (Å²) in [7, 11) is 0. The van der Waals surface area contributed by atoms with Crippen LogP contribution < -0.4 is 10.1 Å². The van der Waals surface area contributed by atoms with Gasteiger partial charge in [0.25, 0.3) is 0 Å². The Balaban J connectivity index is 2.40. The maximum atomic E-state index is 10.3. The highest BCUT2D eigenvalue weighted by Crippen LogP contribution is 2.23. The van der Waals surface area contributed by atoms with Crippen molar-refractivity contribution in [2.75, 3.05) is 11.9 Å². The van der Waals surface area contributed by atoms with Gasteiger partial charge in [0.1, 0.15) is 5.75 Å². The Kier molecular flexibility index (Phi) is 3.05. The molecule has 1 amide bonds. The summed E-state index contributed by atoms with van der Waals surface area (Å²) in [6, 6.07) is 11.7. The minimum Gasteiger partial charge on any atom is -0.494 e. The molecule has 2 aromatic rings. The molecule has 16 heavy (non-hydrogen) atoms. The molecule has 2 rings (SSSR count). The van der Waals surface area contributed by atoms with E-state index in [1.54, 1.807) is 0 Å². The van der Waals surface area contributed by atoms with Gasteiger partial charge in [-0.25, -0.2) is 0 Å². The molecule has 0 aliphatic heterocycles. The molecule has 0 aliphatic carbocycles. The van der Waals surface area contributed by atoms with Crippen molar-refractivity contribution in [3.05, 3.63) is 36.4 Å². The molecule has 82 valence electrons. The maximum absolute atomic E-state index is 10.3. The molecule has 3 heteroatoms. The first-order valence-corrected chi connectivity index (χ1v) is 5.20. The van der Waals surface area contributed by atoms with Crippen molar-refractivity contribution >= 4 is 22.9 Å². The van der Waals surface area contributed by atoms with Crippen LogP contribution in [-0.2, 0) is 4.79 Å². The zero-order chi connectivity index (χ0) is 11.4. The van der Waals surface area contributed by atoms with Crippen LogP contribution in [-0.4, -0.2) is 13.0 Å². The fourth-order valence-electron chi connectivity index (χ4n) is 1.64. The predicted molar refractivity (Wildman–Crippen MR) is 64.8 cm³/mol. The normalized spacial score (nSPS) is 10.1. The average molecular weight is 215 g/mol. The first-order chi connectivity index (χ1) is 7.83. The number of nitrogens with one attached hydrogen (secondary N) is 1. The minimum atomic E-state index is 0.663. The van der Waals surface area contributed by atoms with Crippen LogP contribution in [0.25, 0.3) is 10.8 Å². The Morgan fingerprint density at radius 3 is 2.69 bits per heavy atom. The lowest BCUT2D eigenvalue weighted by molar-refractivity contribution is -0.105. The van der Waals surface area contributed by atoms with E-state index in [9.17, 15) is 4.79 Å². The van der Waals surface area contributed by atoms with Gasteiger partial charge in [0.05, 0.1) is 6.61 Å². The molecule has 0 aromatic heterocycles. The second-order valence-corrected chi connectivity index (χ2v) is 3.42. The molecular formula is C13H13NO2. The molecule has 0 heterocycles. The van der Waals surface area contributed by atoms with Crippen LogP contribution in [0, 0.1) is 0 Å². The molecule has 0 saturated carbocycles. The van der Waals surface area contributed by atoms with Crippen molar-refractivity contribution in [1.82, 2.24) is 0 Å². The van der Waals surface area contributed by atoms with E-state index in [2.05, 4.69) is 5.32 Å². The molecule has 0 bridgehead atoms. The van der Waals surface area contributed by atoms with Gasteiger partial charge in [-0.3, -0.25) is 4.79 Å². The summed E-state index contributed by atoms with van der Waals surface area (Å²) in [5.41, 5.74) is 0.798. The average Bonchev–Trinajstić information content (AvgIpc) is 2.30. The lowest BCUT2D eigenvalue weighted by Crippen LogP contribution is -1.93. The molecule has 0 unspecified atom stereocenters. The maximum Gasteiger partial charge on any atom is 0.211 e. The molecule has 0 radical (unpaired) electrons. The molecule has 2 aromatic carbocycles. The van der Waals surface area contributed by atoms with E-state index in [1.165, 1.54) is 0 Å². The van der Waals surface area contributed by atoms with Crippen molar-refractivity contribution in [3.63, 3.8) is 0 Å². The molecule has 0 atom stereocenters. The predicted octanol–water partition coefficient (Wildman–Crippen LogP) is 2.81. The summed E-state index contributed by atoms with van der Waals surface area (Å²) in [5, 5.41) is 4.81. The number of anilines is 1. The standard InChI is InChI=1S/C13H13NO2/c1-2-16-13-6-4-10-7-12(14-9-15)5-3-11(10)8-13/h3-9H,2H2,1H3,(H,14,15). The first-order valence-electron chi connectivity index (χ1n) is 5.20. The fraction of sp³-hybridized carbons (Fsp3) is 0.154. The largest absolute Gasteiger partial charge is 0.494 e. The van der Waals surface area contributed by atoms with Gasteiger partial charge in [-0.2, -0.15) is 0 Å². The third-order valence-electron chi connectivity index (χ3n) is 2.35. The van der Waals surface area contributed by atoms with Gasteiger partial charge in [-0.15, -0.1) is 0 Å². The third-order valence-corrected chi connectivity index (χ3v) is 2.35. The van der Waals surface area contributed by atoms with E-state index in [1.807, 2.05) is 43.3 Å². The van der Waals surface area contributed by atoms with Gasteiger partial charge >= 0.3 is 0 Å². The van der Waals surface area contributed by atoms with Crippen LogP contribution in [0.5, 0.6) is 5.75 Å². The lowest BCUT2D eigenvalue weighted by atomic mass is 10.1.